The van der Waals surface area contributed by atoms with Gasteiger partial charge in [0.2, 0.25) is 11.8 Å². The van der Waals surface area contributed by atoms with Gasteiger partial charge in [-0.1, -0.05) is 18.7 Å². The number of anilines is 1. The van der Waals surface area contributed by atoms with E-state index in [1.54, 1.807) is 0 Å². The number of carbonyl (C=O) groups is 2. The molecule has 158 valence electrons. The molecule has 0 N–H and O–H groups in total. The molecule has 0 aromatic heterocycles. The maximum Gasteiger partial charge on any atom is 0.263 e. The molecule has 0 spiro atoms. The van der Waals surface area contributed by atoms with E-state index in [4.69, 9.17) is 4.74 Å². The van der Waals surface area contributed by atoms with Gasteiger partial charge in [0.1, 0.15) is 11.7 Å². The number of likely N-dealkylation sites (tertiary alicyclic amines) is 1. The lowest BCUT2D eigenvalue weighted by atomic mass is 9.91. The lowest BCUT2D eigenvalue weighted by Crippen LogP contribution is -2.58. The average Bonchev–Trinajstić information content (AvgIpc) is 2.73. The van der Waals surface area contributed by atoms with Crippen LogP contribution >= 0.6 is 0 Å². The summed E-state index contributed by atoms with van der Waals surface area (Å²) in [5, 5.41) is 0. The first-order chi connectivity index (χ1) is 13.9. The van der Waals surface area contributed by atoms with Crippen LogP contribution in [-0.4, -0.2) is 73.4 Å². The van der Waals surface area contributed by atoms with Crippen LogP contribution < -0.4 is 9.64 Å². The van der Waals surface area contributed by atoms with Crippen LogP contribution in [0.3, 0.4) is 0 Å². The number of rotatable bonds is 5. The molecule has 2 fully saturated rings. The summed E-state index contributed by atoms with van der Waals surface area (Å²) in [6, 6.07) is 7.67. The van der Waals surface area contributed by atoms with Gasteiger partial charge in [-0.25, -0.2) is 8.78 Å². The van der Waals surface area contributed by atoms with Crippen molar-refractivity contribution in [1.29, 1.82) is 0 Å². The van der Waals surface area contributed by atoms with Gasteiger partial charge in [-0.15, -0.1) is 0 Å². The highest BCUT2D eigenvalue weighted by molar-refractivity contribution is 5.88. The van der Waals surface area contributed by atoms with Gasteiger partial charge in [-0.2, -0.15) is 0 Å². The van der Waals surface area contributed by atoms with Gasteiger partial charge < -0.3 is 19.4 Å². The minimum absolute atomic E-state index is 0.0658. The molecule has 8 heteroatoms. The van der Waals surface area contributed by atoms with E-state index in [9.17, 15) is 18.4 Å². The van der Waals surface area contributed by atoms with E-state index < -0.39 is 30.1 Å². The number of benzene rings is 1. The smallest absolute Gasteiger partial charge is 0.263 e. The van der Waals surface area contributed by atoms with Crippen molar-refractivity contribution in [2.24, 2.45) is 5.92 Å². The molecule has 3 rings (SSSR count). The van der Waals surface area contributed by atoms with Gasteiger partial charge in [-0.05, 0) is 25.1 Å². The summed E-state index contributed by atoms with van der Waals surface area (Å²) in [7, 11) is 0. The zero-order chi connectivity index (χ0) is 21.0. The summed E-state index contributed by atoms with van der Waals surface area (Å²) in [6.07, 6.45) is 0.588. The first kappa shape index (κ1) is 21.1. The van der Waals surface area contributed by atoms with Gasteiger partial charge in [0.15, 0.2) is 0 Å². The third kappa shape index (κ3) is 4.52. The SMILES string of the molecule is C=CC(=O)N1CCC(F)(F)C(C(=O)N2CCN(c3ccccc3OCC)CC2)C1. The summed E-state index contributed by atoms with van der Waals surface area (Å²) in [5.41, 5.74) is 0.937. The molecular weight excluding hydrogens is 380 g/mol. The van der Waals surface area contributed by atoms with Crippen molar-refractivity contribution in [3.05, 3.63) is 36.9 Å². The third-order valence-electron chi connectivity index (χ3n) is 5.51. The Bertz CT molecular complexity index is 763. The topological polar surface area (TPSA) is 53.1 Å². The van der Waals surface area contributed by atoms with E-state index in [0.29, 0.717) is 32.8 Å². The molecule has 2 aliphatic rings. The number of ether oxygens (including phenoxy) is 1. The van der Waals surface area contributed by atoms with E-state index >= 15 is 0 Å². The second kappa shape index (κ2) is 8.80. The highest BCUT2D eigenvalue weighted by atomic mass is 19.3. The number of piperazine rings is 1. The number of hydrogen-bond donors (Lipinski definition) is 0. The van der Waals surface area contributed by atoms with Gasteiger partial charge in [0, 0.05) is 45.7 Å². The zero-order valence-corrected chi connectivity index (χ0v) is 16.7. The summed E-state index contributed by atoms with van der Waals surface area (Å²) in [5.74, 6) is -4.87. The molecule has 2 saturated heterocycles. The number of piperidine rings is 1. The summed E-state index contributed by atoms with van der Waals surface area (Å²) in [6.45, 7) is 7.28. The van der Waals surface area contributed by atoms with Crippen molar-refractivity contribution in [2.75, 3.05) is 50.8 Å². The quantitative estimate of drug-likeness (QED) is 0.704. The maximum atomic E-state index is 14.5. The fourth-order valence-electron chi connectivity index (χ4n) is 3.88. The van der Waals surface area contributed by atoms with Crippen molar-refractivity contribution < 1.29 is 23.1 Å². The van der Waals surface area contributed by atoms with Gasteiger partial charge in [0.25, 0.3) is 5.92 Å². The molecular formula is C21H27F2N3O3. The number of para-hydroxylation sites is 2. The monoisotopic (exact) mass is 407 g/mol. The normalized spacial score (nSPS) is 21.6. The summed E-state index contributed by atoms with van der Waals surface area (Å²) < 4.78 is 34.6. The minimum Gasteiger partial charge on any atom is -0.492 e. The van der Waals surface area contributed by atoms with Crippen molar-refractivity contribution in [1.82, 2.24) is 9.80 Å². The Hall–Kier alpha value is -2.64. The summed E-state index contributed by atoms with van der Waals surface area (Å²) >= 11 is 0. The molecule has 0 saturated carbocycles. The molecule has 1 aromatic rings. The van der Waals surface area contributed by atoms with Crippen molar-refractivity contribution in [3.63, 3.8) is 0 Å². The zero-order valence-electron chi connectivity index (χ0n) is 16.7. The number of alkyl halides is 2. The molecule has 1 unspecified atom stereocenters. The molecule has 0 radical (unpaired) electrons. The Morgan fingerprint density at radius 3 is 2.52 bits per heavy atom. The largest absolute Gasteiger partial charge is 0.492 e. The van der Waals surface area contributed by atoms with Crippen LogP contribution in [0, 0.1) is 5.92 Å². The molecule has 0 aliphatic carbocycles. The molecule has 2 amide bonds. The number of halogens is 2. The Balaban J connectivity index is 1.66. The highest BCUT2D eigenvalue weighted by Crippen LogP contribution is 2.35. The van der Waals surface area contributed by atoms with Crippen LogP contribution in [0.2, 0.25) is 0 Å². The first-order valence-corrected chi connectivity index (χ1v) is 9.92. The van der Waals surface area contributed by atoms with Crippen LogP contribution in [0.25, 0.3) is 0 Å². The Labute approximate surface area is 169 Å². The number of carbonyl (C=O) groups excluding carboxylic acids is 2. The van der Waals surface area contributed by atoms with E-state index in [-0.39, 0.29) is 13.1 Å². The molecule has 0 bridgehead atoms. The third-order valence-corrected chi connectivity index (χ3v) is 5.51. The van der Waals surface area contributed by atoms with E-state index in [1.165, 1.54) is 9.80 Å². The predicted molar refractivity (Wildman–Crippen MR) is 106 cm³/mol. The van der Waals surface area contributed by atoms with Gasteiger partial charge >= 0.3 is 0 Å². The standard InChI is InChI=1S/C21H27F2N3O3/c1-3-19(27)26-10-9-21(22,23)16(15-26)20(28)25-13-11-24(12-14-25)17-7-5-6-8-18(17)29-4-2/h3,5-8,16H,1,4,9-15H2,2H3. The van der Waals surface area contributed by atoms with Crippen molar-refractivity contribution >= 4 is 17.5 Å². The number of amides is 2. The highest BCUT2D eigenvalue weighted by Gasteiger charge is 2.50. The number of hydrogen-bond acceptors (Lipinski definition) is 4. The van der Waals surface area contributed by atoms with Crippen LogP contribution in [0.4, 0.5) is 14.5 Å². The Kier molecular flexibility index (Phi) is 6.39. The minimum atomic E-state index is -3.12. The molecule has 6 nitrogen and oxygen atoms in total. The maximum absolute atomic E-state index is 14.5. The van der Waals surface area contributed by atoms with Gasteiger partial charge in [-0.3, -0.25) is 9.59 Å². The molecule has 1 atom stereocenters. The van der Waals surface area contributed by atoms with E-state index in [2.05, 4.69) is 11.5 Å². The Morgan fingerprint density at radius 1 is 1.17 bits per heavy atom. The van der Waals surface area contributed by atoms with Crippen molar-refractivity contribution in [3.8, 4) is 5.75 Å². The average molecular weight is 407 g/mol. The Morgan fingerprint density at radius 2 is 1.86 bits per heavy atom. The molecule has 29 heavy (non-hydrogen) atoms. The fraction of sp³-hybridized carbons (Fsp3) is 0.524. The summed E-state index contributed by atoms with van der Waals surface area (Å²) in [4.78, 5) is 29.6. The van der Waals surface area contributed by atoms with Crippen LogP contribution in [0.5, 0.6) is 5.75 Å². The number of nitrogens with zero attached hydrogens (tertiary/aromatic N) is 3. The molecule has 2 aliphatic heterocycles. The van der Waals surface area contributed by atoms with E-state index in [0.717, 1.165) is 17.5 Å². The van der Waals surface area contributed by atoms with Crippen LogP contribution in [-0.2, 0) is 9.59 Å². The van der Waals surface area contributed by atoms with Crippen LogP contribution in [0.15, 0.2) is 36.9 Å². The van der Waals surface area contributed by atoms with E-state index in [1.807, 2.05) is 31.2 Å². The second-order valence-electron chi connectivity index (χ2n) is 7.27. The van der Waals surface area contributed by atoms with Gasteiger partial charge in [0.05, 0.1) is 12.3 Å². The lowest BCUT2D eigenvalue weighted by molar-refractivity contribution is -0.163. The van der Waals surface area contributed by atoms with Crippen LogP contribution in [0.1, 0.15) is 13.3 Å². The lowest BCUT2D eigenvalue weighted by Gasteiger charge is -2.42. The molecule has 1 aromatic carbocycles. The molecule has 2 heterocycles. The predicted octanol–water partition coefficient (Wildman–Crippen LogP) is 2.40. The first-order valence-electron chi connectivity index (χ1n) is 9.92. The fourth-order valence-corrected chi connectivity index (χ4v) is 3.88. The second-order valence-corrected chi connectivity index (χ2v) is 7.27. The van der Waals surface area contributed by atoms with Crippen molar-refractivity contribution in [2.45, 2.75) is 19.3 Å².